The smallest absolute Gasteiger partial charge is 0.358 e. The second-order valence-corrected chi connectivity index (χ2v) is 7.36. The molecule has 1 aromatic rings. The molecule has 3 rings (SSSR count). The predicted molar refractivity (Wildman–Crippen MR) is 107 cm³/mol. The second-order valence-electron chi connectivity index (χ2n) is 7.36. The summed E-state index contributed by atoms with van der Waals surface area (Å²) in [6, 6.07) is 4.99. The number of carbonyl (C=O) groups excluding carboxylic acids is 5. The normalized spacial score (nSPS) is 19.5. The number of benzene rings is 1. The molecule has 0 bridgehead atoms. The van der Waals surface area contributed by atoms with E-state index in [1.165, 1.54) is 0 Å². The topological polar surface area (TPSA) is 156 Å². The van der Waals surface area contributed by atoms with E-state index in [9.17, 15) is 28.8 Å². The SMILES string of the molecule is O=CC(CC(=O)O)NC(=O)C1CCCN2C(=O)CCN(NC(=O)c3ccccc3)C(=O)N12. The zero-order valence-electron chi connectivity index (χ0n) is 17.1. The van der Waals surface area contributed by atoms with Gasteiger partial charge in [0, 0.05) is 18.5 Å². The first kappa shape index (κ1) is 22.7. The number of aliphatic carboxylic acids is 1. The summed E-state index contributed by atoms with van der Waals surface area (Å²) >= 11 is 0. The lowest BCUT2D eigenvalue weighted by molar-refractivity contribution is -0.155. The minimum absolute atomic E-state index is 0.0678. The van der Waals surface area contributed by atoms with Crippen molar-refractivity contribution >= 4 is 36.0 Å². The molecule has 5 amide bonds. The highest BCUT2D eigenvalue weighted by molar-refractivity contribution is 5.96. The van der Waals surface area contributed by atoms with Crippen LogP contribution in [0.1, 0.15) is 36.0 Å². The van der Waals surface area contributed by atoms with E-state index in [0.29, 0.717) is 18.3 Å². The molecule has 0 spiro atoms. The molecule has 3 N–H and O–H groups in total. The summed E-state index contributed by atoms with van der Waals surface area (Å²) in [7, 11) is 0. The number of urea groups is 1. The molecule has 2 heterocycles. The van der Waals surface area contributed by atoms with Gasteiger partial charge in [-0.05, 0) is 25.0 Å². The fourth-order valence-electron chi connectivity index (χ4n) is 3.59. The van der Waals surface area contributed by atoms with Gasteiger partial charge in [0.1, 0.15) is 12.3 Å². The summed E-state index contributed by atoms with van der Waals surface area (Å²) in [6.45, 7) is 0.120. The molecule has 2 aliphatic rings. The van der Waals surface area contributed by atoms with E-state index in [1.54, 1.807) is 30.3 Å². The molecule has 2 atom stereocenters. The quantitative estimate of drug-likeness (QED) is 0.479. The van der Waals surface area contributed by atoms with E-state index in [0.717, 1.165) is 15.0 Å². The lowest BCUT2D eigenvalue weighted by Gasteiger charge is -2.42. The van der Waals surface area contributed by atoms with Gasteiger partial charge in [0.15, 0.2) is 0 Å². The lowest BCUT2D eigenvalue weighted by Crippen LogP contribution is -2.64. The van der Waals surface area contributed by atoms with Gasteiger partial charge in [0.2, 0.25) is 11.8 Å². The molecular weight excluding hydrogens is 422 g/mol. The summed E-state index contributed by atoms with van der Waals surface area (Å²) < 4.78 is 0. The Hall–Kier alpha value is -3.96. The molecule has 32 heavy (non-hydrogen) atoms. The Kier molecular flexibility index (Phi) is 7.03. The fraction of sp³-hybridized carbons (Fsp3) is 0.400. The average molecular weight is 445 g/mol. The van der Waals surface area contributed by atoms with Crippen LogP contribution in [0.15, 0.2) is 30.3 Å². The molecule has 2 aliphatic heterocycles. The number of amides is 5. The first-order valence-electron chi connectivity index (χ1n) is 10.1. The van der Waals surface area contributed by atoms with Gasteiger partial charge in [-0.1, -0.05) is 18.2 Å². The van der Waals surface area contributed by atoms with Crippen LogP contribution in [-0.4, -0.2) is 81.3 Å². The van der Waals surface area contributed by atoms with Crippen LogP contribution < -0.4 is 10.7 Å². The standard InChI is InChI=1S/C20H23N5O7/c26-12-14(11-17(28)29)21-19(31)15-7-4-9-24-16(27)8-10-23(20(32)25(15)24)22-18(30)13-5-2-1-3-6-13/h1-3,5-6,12,14-15H,4,7-11H2,(H,21,31)(H,22,30)(H,28,29). The number of nitrogens with one attached hydrogen (secondary N) is 2. The van der Waals surface area contributed by atoms with Crippen molar-refractivity contribution in [3.63, 3.8) is 0 Å². The molecule has 2 saturated heterocycles. The number of fused-ring (bicyclic) bond motifs is 1. The summed E-state index contributed by atoms with van der Waals surface area (Å²) in [5, 5.41) is 14.3. The maximum absolute atomic E-state index is 13.2. The molecule has 2 unspecified atom stereocenters. The van der Waals surface area contributed by atoms with Crippen LogP contribution in [0.25, 0.3) is 0 Å². The van der Waals surface area contributed by atoms with Crippen molar-refractivity contribution in [2.75, 3.05) is 13.1 Å². The van der Waals surface area contributed by atoms with E-state index in [-0.39, 0.29) is 25.9 Å². The summed E-state index contributed by atoms with van der Waals surface area (Å²) in [5.41, 5.74) is 2.78. The Balaban J connectivity index is 1.81. The van der Waals surface area contributed by atoms with Crippen molar-refractivity contribution in [2.45, 2.75) is 37.8 Å². The number of carboxylic acids is 1. The van der Waals surface area contributed by atoms with Gasteiger partial charge in [-0.3, -0.25) is 24.6 Å². The average Bonchev–Trinajstić information content (AvgIpc) is 2.90. The summed E-state index contributed by atoms with van der Waals surface area (Å²) in [4.78, 5) is 73.2. The van der Waals surface area contributed by atoms with Crippen molar-refractivity contribution in [1.82, 2.24) is 25.8 Å². The lowest BCUT2D eigenvalue weighted by atomic mass is 10.1. The molecule has 2 fully saturated rings. The van der Waals surface area contributed by atoms with Gasteiger partial charge < -0.3 is 15.2 Å². The Labute approximate surface area is 183 Å². The molecular formula is C20H23N5O7. The third-order valence-corrected chi connectivity index (χ3v) is 5.13. The summed E-state index contributed by atoms with van der Waals surface area (Å²) in [5.74, 6) is -2.99. The molecule has 1 aromatic carbocycles. The minimum atomic E-state index is -1.28. The van der Waals surface area contributed by atoms with E-state index < -0.39 is 48.2 Å². The Morgan fingerprint density at radius 2 is 1.88 bits per heavy atom. The molecule has 0 radical (unpaired) electrons. The van der Waals surface area contributed by atoms with Crippen LogP contribution in [0.4, 0.5) is 4.79 Å². The summed E-state index contributed by atoms with van der Waals surface area (Å²) in [6.07, 6.45) is 0.239. The van der Waals surface area contributed by atoms with Gasteiger partial charge >= 0.3 is 12.0 Å². The molecule has 12 heteroatoms. The number of carbonyl (C=O) groups is 6. The number of hydrazine groups is 2. The van der Waals surface area contributed by atoms with E-state index in [4.69, 9.17) is 5.11 Å². The van der Waals surface area contributed by atoms with Crippen LogP contribution in [-0.2, 0) is 19.2 Å². The van der Waals surface area contributed by atoms with Crippen molar-refractivity contribution in [3.8, 4) is 0 Å². The molecule has 12 nitrogen and oxygen atoms in total. The van der Waals surface area contributed by atoms with Crippen LogP contribution in [0.3, 0.4) is 0 Å². The molecule has 170 valence electrons. The maximum atomic E-state index is 13.2. The van der Waals surface area contributed by atoms with Crippen molar-refractivity contribution in [1.29, 1.82) is 0 Å². The zero-order chi connectivity index (χ0) is 23.3. The number of nitrogens with zero attached hydrogens (tertiary/aromatic N) is 3. The number of hydrogen-bond donors (Lipinski definition) is 3. The Bertz CT molecular complexity index is 922. The highest BCUT2D eigenvalue weighted by Gasteiger charge is 2.44. The van der Waals surface area contributed by atoms with Gasteiger partial charge in [-0.2, -0.15) is 0 Å². The van der Waals surface area contributed by atoms with Gasteiger partial charge in [0.05, 0.1) is 19.0 Å². The third-order valence-electron chi connectivity index (χ3n) is 5.13. The van der Waals surface area contributed by atoms with Crippen molar-refractivity contribution < 1.29 is 33.9 Å². The van der Waals surface area contributed by atoms with Crippen LogP contribution in [0.5, 0.6) is 0 Å². The first-order chi connectivity index (χ1) is 15.3. The van der Waals surface area contributed by atoms with E-state index >= 15 is 0 Å². The van der Waals surface area contributed by atoms with Gasteiger partial charge in [-0.15, -0.1) is 0 Å². The van der Waals surface area contributed by atoms with Crippen LogP contribution in [0.2, 0.25) is 0 Å². The number of hydrogen-bond acceptors (Lipinski definition) is 6. The highest BCUT2D eigenvalue weighted by Crippen LogP contribution is 2.24. The number of rotatable bonds is 7. The van der Waals surface area contributed by atoms with Gasteiger partial charge in [-0.25, -0.2) is 19.8 Å². The largest absolute Gasteiger partial charge is 0.481 e. The van der Waals surface area contributed by atoms with Crippen LogP contribution >= 0.6 is 0 Å². The second kappa shape index (κ2) is 9.90. The molecule has 0 aliphatic carbocycles. The van der Waals surface area contributed by atoms with Gasteiger partial charge in [0.25, 0.3) is 5.91 Å². The fourth-order valence-corrected chi connectivity index (χ4v) is 3.59. The van der Waals surface area contributed by atoms with Crippen molar-refractivity contribution in [2.24, 2.45) is 0 Å². The maximum Gasteiger partial charge on any atom is 0.358 e. The third kappa shape index (κ3) is 5.02. The van der Waals surface area contributed by atoms with Crippen LogP contribution in [0, 0.1) is 0 Å². The Morgan fingerprint density at radius 3 is 2.53 bits per heavy atom. The van der Waals surface area contributed by atoms with E-state index in [1.807, 2.05) is 0 Å². The minimum Gasteiger partial charge on any atom is -0.481 e. The number of carboxylic acid groups (broad SMARTS) is 1. The number of aldehydes is 1. The van der Waals surface area contributed by atoms with Crippen molar-refractivity contribution in [3.05, 3.63) is 35.9 Å². The zero-order valence-corrected chi connectivity index (χ0v) is 17.1. The predicted octanol–water partition coefficient (Wildman–Crippen LogP) is -0.476. The molecule has 0 aromatic heterocycles. The first-order valence-corrected chi connectivity index (χ1v) is 10.1. The molecule has 0 saturated carbocycles. The Morgan fingerprint density at radius 1 is 1.16 bits per heavy atom. The highest BCUT2D eigenvalue weighted by atomic mass is 16.4. The monoisotopic (exact) mass is 445 g/mol. The van der Waals surface area contributed by atoms with E-state index in [2.05, 4.69) is 10.7 Å².